The second kappa shape index (κ2) is 3.74. The van der Waals surface area contributed by atoms with E-state index in [0.29, 0.717) is 4.47 Å². The first-order valence-electron chi connectivity index (χ1n) is 3.55. The van der Waals surface area contributed by atoms with Crippen molar-refractivity contribution < 1.29 is 13.2 Å². The molecule has 78 valence electrons. The molecule has 0 unspecified atom stereocenters. The lowest BCUT2D eigenvalue weighted by Crippen LogP contribution is -2.29. The molecular formula is C7H7BrF3N3. The molecule has 1 heterocycles. The van der Waals surface area contributed by atoms with Crippen molar-refractivity contribution >= 4 is 21.7 Å². The number of nitrogens with zero attached hydrogens (tertiary/aromatic N) is 1. The molecule has 0 bridgehead atoms. The Bertz CT molecular complexity index is 339. The summed E-state index contributed by atoms with van der Waals surface area (Å²) in [5.41, 5.74) is 10.0. The molecule has 0 aliphatic heterocycles. The maximum atomic E-state index is 12.2. The topological polar surface area (TPSA) is 64.9 Å². The van der Waals surface area contributed by atoms with E-state index in [-0.39, 0.29) is 11.4 Å². The molecule has 0 aliphatic rings. The first kappa shape index (κ1) is 11.3. The van der Waals surface area contributed by atoms with Gasteiger partial charge >= 0.3 is 6.18 Å². The molecule has 1 atom stereocenters. The number of alkyl halides is 3. The van der Waals surface area contributed by atoms with Crippen LogP contribution in [-0.4, -0.2) is 11.2 Å². The minimum Gasteiger partial charge on any atom is -0.383 e. The zero-order valence-corrected chi connectivity index (χ0v) is 8.43. The molecule has 0 aliphatic carbocycles. The van der Waals surface area contributed by atoms with Crippen molar-refractivity contribution in [2.45, 2.75) is 12.2 Å². The summed E-state index contributed by atoms with van der Waals surface area (Å²) in [5, 5.41) is 0. The van der Waals surface area contributed by atoms with Gasteiger partial charge in [0.1, 0.15) is 11.9 Å². The standard InChI is InChI=1S/C7H7BrF3N3/c8-3-1-4(6(13)14-2-3)5(12)7(9,10)11/h1-2,5H,12H2,(H2,13,14)/t5-/m0/s1. The second-order valence-electron chi connectivity index (χ2n) is 2.65. The normalized spacial score (nSPS) is 14.1. The van der Waals surface area contributed by atoms with Gasteiger partial charge in [-0.1, -0.05) is 0 Å². The summed E-state index contributed by atoms with van der Waals surface area (Å²) >= 11 is 2.99. The van der Waals surface area contributed by atoms with E-state index >= 15 is 0 Å². The van der Waals surface area contributed by atoms with Crippen molar-refractivity contribution in [2.75, 3.05) is 5.73 Å². The van der Waals surface area contributed by atoms with Crippen molar-refractivity contribution in [1.82, 2.24) is 4.98 Å². The Morgan fingerprint density at radius 3 is 2.50 bits per heavy atom. The van der Waals surface area contributed by atoms with E-state index in [1.807, 2.05) is 0 Å². The first-order valence-corrected chi connectivity index (χ1v) is 4.35. The summed E-state index contributed by atoms with van der Waals surface area (Å²) < 4.78 is 37.1. The second-order valence-corrected chi connectivity index (χ2v) is 3.56. The molecule has 14 heavy (non-hydrogen) atoms. The number of hydrogen-bond donors (Lipinski definition) is 2. The van der Waals surface area contributed by atoms with Crippen LogP contribution in [-0.2, 0) is 0 Å². The maximum Gasteiger partial charge on any atom is 0.407 e. The Hall–Kier alpha value is -0.820. The number of hydrogen-bond acceptors (Lipinski definition) is 3. The molecule has 7 heteroatoms. The van der Waals surface area contributed by atoms with E-state index in [1.165, 1.54) is 12.3 Å². The lowest BCUT2D eigenvalue weighted by Gasteiger charge is -2.17. The Balaban J connectivity index is 3.12. The number of rotatable bonds is 1. The highest BCUT2D eigenvalue weighted by atomic mass is 79.9. The monoisotopic (exact) mass is 269 g/mol. The molecule has 1 rings (SSSR count). The van der Waals surface area contributed by atoms with Gasteiger partial charge in [-0.05, 0) is 22.0 Å². The lowest BCUT2D eigenvalue weighted by molar-refractivity contribution is -0.149. The van der Waals surface area contributed by atoms with E-state index < -0.39 is 12.2 Å². The highest BCUT2D eigenvalue weighted by molar-refractivity contribution is 9.10. The third kappa shape index (κ3) is 2.36. The quantitative estimate of drug-likeness (QED) is 0.820. The van der Waals surface area contributed by atoms with Crippen LogP contribution in [0.5, 0.6) is 0 Å². The third-order valence-electron chi connectivity index (χ3n) is 1.60. The number of anilines is 1. The molecule has 0 fully saturated rings. The number of nitrogens with two attached hydrogens (primary N) is 2. The average molecular weight is 270 g/mol. The van der Waals surface area contributed by atoms with Crippen molar-refractivity contribution in [1.29, 1.82) is 0 Å². The minimum absolute atomic E-state index is 0.210. The van der Waals surface area contributed by atoms with Gasteiger partial charge < -0.3 is 11.5 Å². The average Bonchev–Trinajstić information content (AvgIpc) is 2.06. The van der Waals surface area contributed by atoms with Gasteiger partial charge in [-0.3, -0.25) is 0 Å². The van der Waals surface area contributed by atoms with Gasteiger partial charge in [0, 0.05) is 16.2 Å². The van der Waals surface area contributed by atoms with Crippen LogP contribution in [0, 0.1) is 0 Å². The zero-order valence-electron chi connectivity index (χ0n) is 6.85. The Morgan fingerprint density at radius 2 is 2.00 bits per heavy atom. The van der Waals surface area contributed by atoms with Crippen LogP contribution < -0.4 is 11.5 Å². The van der Waals surface area contributed by atoms with Crippen molar-refractivity contribution in [3.05, 3.63) is 22.3 Å². The lowest BCUT2D eigenvalue weighted by atomic mass is 10.1. The van der Waals surface area contributed by atoms with Gasteiger partial charge in [0.05, 0.1) is 0 Å². The first-order chi connectivity index (χ1) is 6.32. The highest BCUT2D eigenvalue weighted by Crippen LogP contribution is 2.33. The summed E-state index contributed by atoms with van der Waals surface area (Å²) in [5.74, 6) is -0.210. The molecule has 0 radical (unpaired) electrons. The van der Waals surface area contributed by atoms with Crippen molar-refractivity contribution in [2.24, 2.45) is 5.73 Å². The van der Waals surface area contributed by atoms with Gasteiger partial charge in [-0.15, -0.1) is 0 Å². The fraction of sp³-hybridized carbons (Fsp3) is 0.286. The molecule has 1 aromatic heterocycles. The summed E-state index contributed by atoms with van der Waals surface area (Å²) in [6.07, 6.45) is -3.21. The molecule has 1 aromatic rings. The van der Waals surface area contributed by atoms with Gasteiger partial charge in [0.2, 0.25) is 0 Å². The van der Waals surface area contributed by atoms with E-state index in [0.717, 1.165) is 0 Å². The van der Waals surface area contributed by atoms with Crippen LogP contribution in [0.2, 0.25) is 0 Å². The van der Waals surface area contributed by atoms with Gasteiger partial charge in [-0.2, -0.15) is 13.2 Å². The van der Waals surface area contributed by atoms with Gasteiger partial charge in [0.25, 0.3) is 0 Å². The molecule has 4 N–H and O–H groups in total. The number of aromatic nitrogens is 1. The van der Waals surface area contributed by atoms with Crippen LogP contribution in [0.15, 0.2) is 16.7 Å². The largest absolute Gasteiger partial charge is 0.407 e. The predicted molar refractivity (Wildman–Crippen MR) is 49.3 cm³/mol. The molecule has 0 amide bonds. The van der Waals surface area contributed by atoms with Gasteiger partial charge in [-0.25, -0.2) is 4.98 Å². The molecule has 0 aromatic carbocycles. The summed E-state index contributed by atoms with van der Waals surface area (Å²) in [4.78, 5) is 3.56. The Morgan fingerprint density at radius 1 is 1.43 bits per heavy atom. The minimum atomic E-state index is -4.52. The van der Waals surface area contributed by atoms with Crippen LogP contribution in [0.4, 0.5) is 19.0 Å². The summed E-state index contributed by atoms with van der Waals surface area (Å²) in [6, 6.07) is -0.895. The smallest absolute Gasteiger partial charge is 0.383 e. The molecule has 3 nitrogen and oxygen atoms in total. The SMILES string of the molecule is Nc1ncc(Br)cc1[C@H](N)C(F)(F)F. The van der Waals surface area contributed by atoms with E-state index in [9.17, 15) is 13.2 Å². The summed E-state index contributed by atoms with van der Waals surface area (Å²) in [6.45, 7) is 0. The molecular weight excluding hydrogens is 263 g/mol. The molecule has 0 saturated heterocycles. The van der Waals surface area contributed by atoms with E-state index in [1.54, 1.807) is 0 Å². The van der Waals surface area contributed by atoms with Crippen LogP contribution in [0.1, 0.15) is 11.6 Å². The Labute approximate surface area is 86.4 Å². The van der Waals surface area contributed by atoms with Gasteiger partial charge in [0.15, 0.2) is 0 Å². The van der Waals surface area contributed by atoms with Crippen LogP contribution in [0.3, 0.4) is 0 Å². The molecule has 0 spiro atoms. The van der Waals surface area contributed by atoms with Crippen molar-refractivity contribution in [3.63, 3.8) is 0 Å². The third-order valence-corrected chi connectivity index (χ3v) is 2.04. The summed E-state index contributed by atoms with van der Waals surface area (Å²) in [7, 11) is 0. The van der Waals surface area contributed by atoms with Crippen molar-refractivity contribution in [3.8, 4) is 0 Å². The predicted octanol–water partition coefficient (Wildman–Crippen LogP) is 1.99. The van der Waals surface area contributed by atoms with Crippen LogP contribution in [0.25, 0.3) is 0 Å². The van der Waals surface area contributed by atoms with Crippen LogP contribution >= 0.6 is 15.9 Å². The number of halogens is 4. The maximum absolute atomic E-state index is 12.2. The highest BCUT2D eigenvalue weighted by Gasteiger charge is 2.39. The van der Waals surface area contributed by atoms with E-state index in [4.69, 9.17) is 11.5 Å². The Kier molecular flexibility index (Phi) is 3.01. The van der Waals surface area contributed by atoms with E-state index in [2.05, 4.69) is 20.9 Å². The fourth-order valence-corrected chi connectivity index (χ4v) is 1.24. The molecule has 0 saturated carbocycles. The number of pyridine rings is 1. The zero-order chi connectivity index (χ0) is 10.9. The fourth-order valence-electron chi connectivity index (χ4n) is 0.891. The number of nitrogen functional groups attached to an aromatic ring is 1.